The third kappa shape index (κ3) is 22.0. The van der Waals surface area contributed by atoms with Crippen molar-refractivity contribution < 1.29 is 219 Å². The average molecular weight is 1530 g/mol. The number of hydrogen-bond donors (Lipinski definition) is 8. The van der Waals surface area contributed by atoms with Gasteiger partial charge < -0.3 is 79.8 Å². The summed E-state index contributed by atoms with van der Waals surface area (Å²) in [6.07, 6.45) is -6.54. The van der Waals surface area contributed by atoms with Crippen LogP contribution < -0.4 is 36.1 Å². The molecular weight excluding hydrogens is 1200 g/mol. The Morgan fingerprint density at radius 2 is 0.880 bits per heavy atom. The molecule has 0 spiro atoms. The summed E-state index contributed by atoms with van der Waals surface area (Å²) in [5.41, 5.74) is 4.38. The lowest BCUT2D eigenvalue weighted by Crippen LogP contribution is -2.65. The average Bonchev–Trinajstić information content (AvgIpc) is 0.788. The van der Waals surface area contributed by atoms with Gasteiger partial charge in [-0.25, -0.2) is 8.78 Å². The molecule has 0 bridgehead atoms. The summed E-state index contributed by atoms with van der Waals surface area (Å²) in [5.74, 6) is -3.20. The number of rotatable bonds is 21. The van der Waals surface area contributed by atoms with Crippen LogP contribution in [0.5, 0.6) is 11.5 Å². The van der Waals surface area contributed by atoms with E-state index in [2.05, 4.69) is 26.6 Å². The van der Waals surface area contributed by atoms with Crippen LogP contribution in [0, 0.1) is 23.5 Å². The van der Waals surface area contributed by atoms with Crippen molar-refractivity contribution in [3.63, 3.8) is 0 Å². The third-order valence-corrected chi connectivity index (χ3v) is 15.3. The van der Waals surface area contributed by atoms with E-state index in [1.165, 1.54) is 79.7 Å². The van der Waals surface area contributed by atoms with Gasteiger partial charge in [0.25, 0.3) is 0 Å². The molecular formula is C66H167F2N5O19. The number of amides is 5. The van der Waals surface area contributed by atoms with Gasteiger partial charge in [-0.3, -0.25) is 38.4 Å². The molecule has 15 atom stereocenters. The molecule has 4 aromatic carbocycles. The summed E-state index contributed by atoms with van der Waals surface area (Å²) in [7, 11) is 0. The fourth-order valence-corrected chi connectivity index (χ4v) is 11.1. The van der Waals surface area contributed by atoms with Gasteiger partial charge >= 0.3 is 17.9 Å². The summed E-state index contributed by atoms with van der Waals surface area (Å²) in [5, 5.41) is 43.6. The topological polar surface area (TPSA) is 331 Å². The van der Waals surface area contributed by atoms with Crippen LogP contribution in [0.4, 0.5) is 8.78 Å². The van der Waals surface area contributed by atoms with E-state index in [1.54, 1.807) is 54.6 Å². The summed E-state index contributed by atoms with van der Waals surface area (Å²) < 4.78 is 474. The molecule has 3 fully saturated rings. The predicted molar refractivity (Wildman–Crippen MR) is 414 cm³/mol. The molecule has 3 aliphatic rings. The van der Waals surface area contributed by atoms with Crippen molar-refractivity contribution >= 4 is 47.4 Å². The van der Waals surface area contributed by atoms with Crippen molar-refractivity contribution in [2.75, 3.05) is 19.7 Å². The number of aliphatic hydroxyl groups is 3. The predicted octanol–water partition coefficient (Wildman–Crippen LogP) is 14.8. The Bertz CT molecular complexity index is 3350. The van der Waals surface area contributed by atoms with Gasteiger partial charge in [-0.15, -0.1) is 0 Å². The Kier molecular flexibility index (Phi) is 13.6. The van der Waals surface area contributed by atoms with E-state index < -0.39 is 104 Å². The molecule has 584 valence electrons. The highest BCUT2D eigenvalue weighted by Gasteiger charge is 2.49. The molecule has 1 unspecified atom stereocenters. The minimum absolute atomic E-state index is 0.132. The first kappa shape index (κ1) is 35.2. The largest absolute Gasteiger partial charge is 0.463 e. The van der Waals surface area contributed by atoms with Gasteiger partial charge in [0.05, 0.1) is 18.8 Å². The molecule has 4 aromatic rings. The first-order chi connectivity index (χ1) is 83.5. The number of halogens is 2. The number of esters is 3. The number of carbonyl (C=O) groups is 8. The molecule has 26 heteroatoms. The fourth-order valence-electron chi connectivity index (χ4n) is 11.1. The second-order valence-corrected chi connectivity index (χ2v) is 22.6. The first-order valence-corrected chi connectivity index (χ1v) is 30.4. The van der Waals surface area contributed by atoms with Crippen LogP contribution in [0.15, 0.2) is 84.9 Å². The van der Waals surface area contributed by atoms with E-state index in [1.807, 2.05) is 33.8 Å². The van der Waals surface area contributed by atoms with Crippen molar-refractivity contribution in [2.45, 2.75) is 188 Å². The quantitative estimate of drug-likeness (QED) is 0.0284. The van der Waals surface area contributed by atoms with Crippen LogP contribution in [0.2, 0.25) is 0 Å². The van der Waals surface area contributed by atoms with Gasteiger partial charge in [0, 0.05) is 199 Å². The summed E-state index contributed by atoms with van der Waals surface area (Å²) in [6.45, 7) is 18.7. The van der Waals surface area contributed by atoms with Crippen molar-refractivity contribution in [2.24, 2.45) is 11.8 Å². The van der Waals surface area contributed by atoms with Crippen LogP contribution in [0.1, 0.15) is 226 Å². The number of nitrogens with one attached hydrogen (secondary N) is 5. The highest BCUT2D eigenvalue weighted by atomic mass is 19.1. The highest BCUT2D eigenvalue weighted by molar-refractivity contribution is 5.76. The molecule has 3 saturated heterocycles. The van der Waals surface area contributed by atoms with E-state index in [0.29, 0.717) is 67.0 Å². The van der Waals surface area contributed by atoms with Crippen LogP contribution in [-0.4, -0.2) is 162 Å². The van der Waals surface area contributed by atoms with E-state index in [9.17, 15) is 62.5 Å². The van der Waals surface area contributed by atoms with Crippen LogP contribution in [-0.2, 0) is 79.6 Å². The molecule has 8 N–H and O–H groups in total. The maximum atomic E-state index is 14.1. The molecule has 3 aliphatic heterocycles. The SMILES string of the molecule is CC(=O)NCCc1ccc(O[C@@H]2O[C@H](CO)[C@H](O)[C@H](O)[C@H]2NC(C)=O)cc1-c1cccc(F)c1.CC[C@H]1OC(Oc2ccc(CCNC(C)=O)c(-c3cccc(F)c3)c2)[C@H](NC(C)=O)[C@@H](OC(C)=O)[C@H]1C.CC[C@H]1O[C@@H](OC(C)=O)[C@H](NC(C)=O)[C@@H](OC(C)=O)[C@H]1C.[3H][3H].[3H][3H].[3H][3H].[3H][3H].[3H][3H].[3H][3H].[3H][3H].[3H][3H].[3H][3H].[3H][3H].[3H][3H].[3H][3H].[3H][3H].[3H][3H].[3H][3H].[3H][3H].[3H][3H].[3H][3H].[3H][3H].[3H][3H].[3H][3H].[3H][3H].[3H][3H].[3H][3H].[3H][3H].[3H][3H].[3H][3H].[3H][3H].[3H][3H].[3H][3H].[3H][3H].[3H][3H].[3H][3H].[3H][3H].[3H][3H].[3H][3H].[3H][3H].[3H][3H].[3H][3H].[3H][3H]. The summed E-state index contributed by atoms with van der Waals surface area (Å²) in [6, 6.07) is 20.2. The van der Waals surface area contributed by atoms with Crippen LogP contribution in [0.3, 0.4) is 0 Å². The minimum Gasteiger partial charge on any atom is -0.463 e. The zero-order valence-corrected chi connectivity index (χ0v) is 53.8. The van der Waals surface area contributed by atoms with Gasteiger partial charge in [0.2, 0.25) is 48.4 Å². The monoisotopic (exact) mass is 1530 g/mol. The smallest absolute Gasteiger partial charge is 0.305 e. The van der Waals surface area contributed by atoms with E-state index in [0.717, 1.165) is 16.7 Å². The van der Waals surface area contributed by atoms with Gasteiger partial charge in [0.15, 0.2) is 0 Å². The molecule has 0 saturated carbocycles. The first-order valence-electron chi connectivity index (χ1n) is 70.4. The Morgan fingerprint density at radius 3 is 1.25 bits per heavy atom. The van der Waals surface area contributed by atoms with E-state index >= 15 is 0 Å². The van der Waals surface area contributed by atoms with Gasteiger partial charge in [-0.1, -0.05) is 64.1 Å². The zero-order valence-electron chi connectivity index (χ0n) is 134. The van der Waals surface area contributed by atoms with Crippen LogP contribution >= 0.6 is 0 Å². The Balaban J connectivity index is -0.0000000370. The lowest BCUT2D eigenvalue weighted by atomic mass is 9.87. The number of ether oxygens (including phenoxy) is 8. The van der Waals surface area contributed by atoms with Gasteiger partial charge in [0.1, 0.15) is 71.8 Å². The molecule has 5 amide bonds. The fraction of sp³-hybridized carbons (Fsp3) is 0.515. The van der Waals surface area contributed by atoms with Gasteiger partial charge in [-0.05, 0) is 108 Å². The van der Waals surface area contributed by atoms with Crippen LogP contribution in [0.25, 0.3) is 22.3 Å². The summed E-state index contributed by atoms with van der Waals surface area (Å²) in [4.78, 5) is 92.1. The number of aliphatic hydroxyl groups excluding tert-OH is 3. The molecule has 3 heterocycles. The number of carbonyl (C=O) groups excluding carboxylic acids is 8. The summed E-state index contributed by atoms with van der Waals surface area (Å²) >= 11 is 0. The maximum absolute atomic E-state index is 14.1. The third-order valence-electron chi connectivity index (χ3n) is 15.3. The van der Waals surface area contributed by atoms with E-state index in [-0.39, 0.29) is 53.5 Å². The molecule has 0 radical (unpaired) electrons. The highest BCUT2D eigenvalue weighted by Crippen LogP contribution is 2.36. The second-order valence-electron chi connectivity index (χ2n) is 22.6. The second kappa shape index (κ2) is 35.6. The van der Waals surface area contributed by atoms with Gasteiger partial charge in [-0.2, -0.15) is 0 Å². The van der Waals surface area contributed by atoms with Crippen molar-refractivity contribution in [3.8, 4) is 33.8 Å². The Hall–Kier alpha value is -8.14. The molecule has 0 aliphatic carbocycles. The van der Waals surface area contributed by atoms with Crippen molar-refractivity contribution in [3.05, 3.63) is 108 Å². The maximum Gasteiger partial charge on any atom is 0.305 e. The van der Waals surface area contributed by atoms with Crippen molar-refractivity contribution in [1.82, 2.24) is 26.6 Å². The van der Waals surface area contributed by atoms with E-state index in [4.69, 9.17) is 157 Å². The number of benzene rings is 4. The molecule has 0 aromatic heterocycles. The lowest BCUT2D eigenvalue weighted by Gasteiger charge is -2.44. The molecule has 24 nitrogen and oxygen atoms in total. The van der Waals surface area contributed by atoms with Crippen molar-refractivity contribution in [1.29, 1.82) is 0 Å². The minimum atomic E-state index is -1.44. The molecule has 7 rings (SSSR count). The molecule has 92 heavy (non-hydrogen) atoms. The zero-order chi connectivity index (χ0) is 148. The number of hydrogen-bond acceptors (Lipinski definition) is 19. The standard InChI is InChI=1S/C28H35FN2O6.C24H29FN2O7.C14H23NO6.40H2/c1-6-25-16(2)27(35-19(5)34)26(31-18(4)33)28(37-25)36-23-11-10-20(12-13-30-17(3)32)24(15-23)21-8-7-9-22(29)14-21;1-13(29)26-9-8-15-6-7-18(11-19(15)16-4-3-5-17(25)10-16)33-24-21(27-14(2)30)23(32)22(31)20(12-28)34-24;1-6-11-7(2)13(19-9(4)17)12(15-8(3)16)14(21-11)20-10(5)18;;;;;;;;;;;;;;;;;;;;;;;;;;;;;;;;;;;;;;;;/h7-11,14-16,25-28H,6,12-13H2,1-5H3,(H,30,32)(H,31,33);3-7,10-11,20-24,28,31-32H,8-9,12H2,1-2H3,(H,26,29)(H,27,30);7,11-14H,6H2,1-5H3,(H,15,16);40*1H/t16-,25+,26+,27-,28?;20-,21-,22+,23-,24-;7-,11+,12+,13-,14+;;;;;;;;;;;;;;;;;;;;;;;;;;;;;;;;;;;;;;;;/m010......................................../s1/i;;;40*1+2T. The normalized spacial score (nSPS) is 29.1. The lowest BCUT2D eigenvalue weighted by molar-refractivity contribution is -0.246. The Morgan fingerprint density at radius 1 is 0.500 bits per heavy atom. The Labute approximate surface area is 657 Å².